The van der Waals surface area contributed by atoms with Crippen LogP contribution < -0.4 is 20.5 Å². The van der Waals surface area contributed by atoms with E-state index in [0.29, 0.717) is 21.2 Å². The van der Waals surface area contributed by atoms with Crippen LogP contribution in [0.15, 0.2) is 58.9 Å². The molecule has 7 nitrogen and oxygen atoms in total. The number of halogens is 2. The number of hydrogen-bond acceptors (Lipinski definition) is 7. The van der Waals surface area contributed by atoms with Gasteiger partial charge in [0.05, 0.1) is 35.3 Å². The zero-order valence-electron chi connectivity index (χ0n) is 18.7. The fourth-order valence-corrected chi connectivity index (χ4v) is 5.51. The minimum atomic E-state index is -1.01. The van der Waals surface area contributed by atoms with Gasteiger partial charge in [0.2, 0.25) is 0 Å². The van der Waals surface area contributed by atoms with Crippen LogP contribution in [0.4, 0.5) is 0 Å². The third-order valence-corrected chi connectivity index (χ3v) is 7.25. The summed E-state index contributed by atoms with van der Waals surface area (Å²) in [7, 11) is 1.19. The highest BCUT2D eigenvalue weighted by Gasteiger charge is 2.40. The maximum atomic E-state index is 13.5. The molecule has 1 aliphatic heterocycles. The summed E-state index contributed by atoms with van der Waals surface area (Å²) < 4.78 is 12.0. The number of rotatable bonds is 5. The summed E-state index contributed by atoms with van der Waals surface area (Å²) >= 11 is 13.8. The Hall–Kier alpha value is -3.33. The molecular weight excluding hydrogens is 511 g/mol. The number of ether oxygens (including phenoxy) is 2. The topological polar surface area (TPSA) is 101 Å². The lowest BCUT2D eigenvalue weighted by molar-refractivity contribution is -0.136. The molecule has 0 radical (unpaired) electrons. The van der Waals surface area contributed by atoms with Gasteiger partial charge in [-0.3, -0.25) is 9.36 Å². The Bertz CT molecular complexity index is 1550. The van der Waals surface area contributed by atoms with E-state index < -0.39 is 23.4 Å². The molecule has 2 N–H and O–H groups in total. The van der Waals surface area contributed by atoms with Crippen molar-refractivity contribution in [3.63, 3.8) is 0 Å². The molecule has 0 fully saturated rings. The molecule has 1 aliphatic rings. The Kier molecular flexibility index (Phi) is 7.16. The normalized spacial score (nSPS) is 15.7. The zero-order valence-corrected chi connectivity index (χ0v) is 21.0. The first-order valence-electron chi connectivity index (χ1n) is 10.5. The molecule has 2 aromatic carbocycles. The summed E-state index contributed by atoms with van der Waals surface area (Å²) in [5.41, 5.74) is 6.95. The summed E-state index contributed by atoms with van der Waals surface area (Å²) in [6.45, 7) is 1.74. The number of esters is 2. The number of aromatic nitrogens is 1. The quantitative estimate of drug-likeness (QED) is 0.509. The number of methoxy groups -OCH3 is 1. The van der Waals surface area contributed by atoms with Crippen LogP contribution in [0.1, 0.15) is 24.0 Å². The van der Waals surface area contributed by atoms with Crippen molar-refractivity contribution in [1.82, 2.24) is 4.57 Å². The molecule has 0 saturated heterocycles. The van der Waals surface area contributed by atoms with Gasteiger partial charge in [0.15, 0.2) is 0 Å². The number of nitrogens with zero attached hydrogens (tertiary/aromatic N) is 1. The SMILES string of the molecule is CCOC(=O)C1=c2sc(=Cc3ccccc3Cl)c(=O)n2C(N)=C(C(=O)OC)C1c1ccccc1Cl. The van der Waals surface area contributed by atoms with Gasteiger partial charge in [0, 0.05) is 10.0 Å². The predicted octanol–water partition coefficient (Wildman–Crippen LogP) is 2.86. The molecule has 35 heavy (non-hydrogen) atoms. The molecule has 4 rings (SSSR count). The van der Waals surface area contributed by atoms with Crippen LogP contribution >= 0.6 is 34.5 Å². The van der Waals surface area contributed by atoms with Gasteiger partial charge < -0.3 is 15.2 Å². The fourth-order valence-electron chi connectivity index (χ4n) is 3.92. The molecule has 0 amide bonds. The van der Waals surface area contributed by atoms with Crippen molar-refractivity contribution in [2.24, 2.45) is 5.73 Å². The summed E-state index contributed by atoms with van der Waals surface area (Å²) in [5.74, 6) is -2.66. The Morgan fingerprint density at radius 2 is 1.71 bits per heavy atom. The molecule has 0 aliphatic carbocycles. The van der Waals surface area contributed by atoms with Crippen LogP contribution in [0.2, 0.25) is 10.0 Å². The van der Waals surface area contributed by atoms with E-state index in [1.54, 1.807) is 61.5 Å². The molecule has 10 heteroatoms. The van der Waals surface area contributed by atoms with Gasteiger partial charge >= 0.3 is 11.9 Å². The van der Waals surface area contributed by atoms with E-state index in [2.05, 4.69) is 0 Å². The van der Waals surface area contributed by atoms with Gasteiger partial charge in [-0.05, 0) is 36.3 Å². The van der Waals surface area contributed by atoms with Crippen LogP contribution in [0.3, 0.4) is 0 Å². The minimum absolute atomic E-state index is 0.0652. The smallest absolute Gasteiger partial charge is 0.338 e. The van der Waals surface area contributed by atoms with Crippen molar-refractivity contribution >= 4 is 63.9 Å². The molecular formula is C25H20Cl2N2O5S. The minimum Gasteiger partial charge on any atom is -0.466 e. The molecule has 1 aromatic heterocycles. The van der Waals surface area contributed by atoms with Crippen LogP contribution in [0.25, 0.3) is 17.5 Å². The molecule has 3 aromatic rings. The lowest BCUT2D eigenvalue weighted by atomic mass is 9.83. The lowest BCUT2D eigenvalue weighted by Gasteiger charge is -2.27. The zero-order chi connectivity index (χ0) is 25.3. The molecule has 1 unspecified atom stereocenters. The van der Waals surface area contributed by atoms with Crippen LogP contribution in [-0.2, 0) is 19.1 Å². The third-order valence-electron chi connectivity index (χ3n) is 5.46. The number of benzene rings is 2. The standard InChI is InChI=1S/C25H20Cl2N2O5S/c1-3-34-25(32)20-18(14-9-5-7-11-16(14)27)19(24(31)33-2)21(28)29-22(30)17(35-23(20)29)12-13-8-4-6-10-15(13)26/h4-12,18H,3,28H2,1-2H3. The fraction of sp³-hybridized carbons (Fsp3) is 0.160. The maximum absolute atomic E-state index is 13.5. The van der Waals surface area contributed by atoms with E-state index in [9.17, 15) is 14.4 Å². The summed E-state index contributed by atoms with van der Waals surface area (Å²) in [5, 5.41) is 0.759. The van der Waals surface area contributed by atoms with E-state index >= 15 is 0 Å². The first-order valence-corrected chi connectivity index (χ1v) is 12.1. The van der Waals surface area contributed by atoms with Crippen LogP contribution in [0, 0.1) is 0 Å². The number of thiazole rings is 1. The van der Waals surface area contributed by atoms with Gasteiger partial charge in [-0.2, -0.15) is 0 Å². The number of carbonyl (C=O) groups is 2. The number of nitrogens with two attached hydrogens (primary N) is 1. The molecule has 180 valence electrons. The Morgan fingerprint density at radius 1 is 1.06 bits per heavy atom. The highest BCUT2D eigenvalue weighted by Crippen LogP contribution is 2.40. The summed E-state index contributed by atoms with van der Waals surface area (Å²) in [4.78, 5) is 39.7. The second kappa shape index (κ2) is 10.1. The second-order valence-electron chi connectivity index (χ2n) is 7.46. The number of carbonyl (C=O) groups excluding carboxylic acids is 2. The van der Waals surface area contributed by atoms with Crippen molar-refractivity contribution in [3.8, 4) is 0 Å². The van der Waals surface area contributed by atoms with Crippen molar-refractivity contribution in [3.05, 3.63) is 94.8 Å². The Balaban J connectivity index is 2.16. The molecule has 0 spiro atoms. The van der Waals surface area contributed by atoms with Gasteiger partial charge in [-0.1, -0.05) is 59.6 Å². The highest BCUT2D eigenvalue weighted by molar-refractivity contribution is 7.07. The molecule has 1 atom stereocenters. The highest BCUT2D eigenvalue weighted by atomic mass is 35.5. The van der Waals surface area contributed by atoms with E-state index in [0.717, 1.165) is 15.9 Å². The molecule has 0 bridgehead atoms. The predicted molar refractivity (Wildman–Crippen MR) is 137 cm³/mol. The van der Waals surface area contributed by atoms with Crippen LogP contribution in [-0.4, -0.2) is 30.2 Å². The lowest BCUT2D eigenvalue weighted by Crippen LogP contribution is -2.41. The van der Waals surface area contributed by atoms with Crippen molar-refractivity contribution < 1.29 is 19.1 Å². The van der Waals surface area contributed by atoms with Crippen molar-refractivity contribution in [2.45, 2.75) is 12.8 Å². The maximum Gasteiger partial charge on any atom is 0.338 e. The summed E-state index contributed by atoms with van der Waals surface area (Å²) in [6.07, 6.45) is 1.61. The number of hydrogen-bond donors (Lipinski definition) is 1. The monoisotopic (exact) mass is 530 g/mol. The van der Waals surface area contributed by atoms with Gasteiger partial charge in [0.25, 0.3) is 5.56 Å². The van der Waals surface area contributed by atoms with E-state index in [1.807, 2.05) is 0 Å². The van der Waals surface area contributed by atoms with E-state index in [-0.39, 0.29) is 32.8 Å². The number of fused-ring (bicyclic) bond motifs is 1. The Morgan fingerprint density at radius 3 is 2.34 bits per heavy atom. The molecule has 2 heterocycles. The van der Waals surface area contributed by atoms with E-state index in [1.165, 1.54) is 7.11 Å². The first kappa shape index (κ1) is 24.8. The Labute approximate surface area is 214 Å². The van der Waals surface area contributed by atoms with E-state index in [4.69, 9.17) is 38.4 Å². The average molecular weight is 531 g/mol. The third kappa shape index (κ3) is 4.40. The largest absolute Gasteiger partial charge is 0.466 e. The first-order chi connectivity index (χ1) is 16.8. The van der Waals surface area contributed by atoms with Crippen LogP contribution in [0.5, 0.6) is 0 Å². The molecule has 0 saturated carbocycles. The van der Waals surface area contributed by atoms with Crippen molar-refractivity contribution in [2.75, 3.05) is 13.7 Å². The van der Waals surface area contributed by atoms with Gasteiger partial charge in [-0.25, -0.2) is 9.59 Å². The second-order valence-corrected chi connectivity index (χ2v) is 9.30. The van der Waals surface area contributed by atoms with Gasteiger partial charge in [-0.15, -0.1) is 11.3 Å². The van der Waals surface area contributed by atoms with Gasteiger partial charge in [0.1, 0.15) is 10.5 Å². The van der Waals surface area contributed by atoms with Crippen molar-refractivity contribution in [1.29, 1.82) is 0 Å². The summed E-state index contributed by atoms with van der Waals surface area (Å²) in [6, 6.07) is 13.8. The average Bonchev–Trinajstić information content (AvgIpc) is 3.16.